The minimum Gasteiger partial charge on any atom is -0.456 e. The van der Waals surface area contributed by atoms with Gasteiger partial charge in [-0.05, 0) is 6.92 Å². The van der Waals surface area contributed by atoms with Crippen molar-refractivity contribution in [3.05, 3.63) is 16.4 Å². The molecule has 0 aliphatic carbocycles. The van der Waals surface area contributed by atoms with Crippen LogP contribution < -0.4 is 10.5 Å². The number of nitrogen functional groups attached to an aromatic ring is 1. The third kappa shape index (κ3) is 2.31. The molecule has 2 N–H and O–H groups in total. The Hall–Kier alpha value is -2.36. The van der Waals surface area contributed by atoms with Crippen LogP contribution in [0.5, 0.6) is 5.88 Å². The lowest BCUT2D eigenvalue weighted by atomic mass is 10.4. The van der Waals surface area contributed by atoms with Crippen molar-refractivity contribution in [2.45, 2.75) is 13.0 Å². The van der Waals surface area contributed by atoms with Gasteiger partial charge in [0, 0.05) is 0 Å². The maximum Gasteiger partial charge on any atom is 0.372 e. The molecule has 0 aromatic carbocycles. The molecule has 78 valence electrons. The van der Waals surface area contributed by atoms with Crippen molar-refractivity contribution in [2.24, 2.45) is 0 Å². The SMILES string of the molecule is C#CC(C)Oc1ncnc(N)c1[N+](=O)[O-]. The van der Waals surface area contributed by atoms with E-state index in [9.17, 15) is 10.1 Å². The van der Waals surface area contributed by atoms with Crippen molar-refractivity contribution in [2.75, 3.05) is 5.73 Å². The Morgan fingerprint density at radius 3 is 2.93 bits per heavy atom. The van der Waals surface area contributed by atoms with E-state index in [4.69, 9.17) is 16.9 Å². The van der Waals surface area contributed by atoms with Gasteiger partial charge in [0.05, 0.1) is 4.92 Å². The molecule has 1 heterocycles. The van der Waals surface area contributed by atoms with E-state index in [0.29, 0.717) is 0 Å². The summed E-state index contributed by atoms with van der Waals surface area (Å²) < 4.78 is 5.03. The fraction of sp³-hybridized carbons (Fsp3) is 0.250. The second-order valence-corrected chi connectivity index (χ2v) is 2.60. The second-order valence-electron chi connectivity index (χ2n) is 2.60. The molecule has 0 saturated heterocycles. The summed E-state index contributed by atoms with van der Waals surface area (Å²) in [6, 6.07) is 0. The third-order valence-electron chi connectivity index (χ3n) is 1.52. The average Bonchev–Trinajstić information content (AvgIpc) is 2.17. The molecule has 0 amide bonds. The molecule has 7 heteroatoms. The fourth-order valence-corrected chi connectivity index (χ4v) is 0.835. The highest BCUT2D eigenvalue weighted by Crippen LogP contribution is 2.28. The minimum absolute atomic E-state index is 0.224. The molecule has 0 bridgehead atoms. The summed E-state index contributed by atoms with van der Waals surface area (Å²) in [6.07, 6.45) is 5.51. The third-order valence-corrected chi connectivity index (χ3v) is 1.52. The Morgan fingerprint density at radius 2 is 2.40 bits per heavy atom. The van der Waals surface area contributed by atoms with Gasteiger partial charge in [0.15, 0.2) is 6.10 Å². The van der Waals surface area contributed by atoms with Gasteiger partial charge in [-0.25, -0.2) is 4.98 Å². The largest absolute Gasteiger partial charge is 0.456 e. The zero-order chi connectivity index (χ0) is 11.4. The molecule has 0 saturated carbocycles. The molecule has 1 rings (SSSR count). The van der Waals surface area contributed by atoms with E-state index in [2.05, 4.69) is 15.9 Å². The van der Waals surface area contributed by atoms with Crippen LogP contribution in [0.1, 0.15) is 6.92 Å². The Bertz CT molecular complexity index is 426. The molecule has 0 spiro atoms. The molecule has 15 heavy (non-hydrogen) atoms. The number of nitrogens with two attached hydrogens (primary N) is 1. The van der Waals surface area contributed by atoms with Crippen LogP contribution in [0, 0.1) is 22.5 Å². The van der Waals surface area contributed by atoms with E-state index in [0.717, 1.165) is 6.33 Å². The lowest BCUT2D eigenvalue weighted by Gasteiger charge is -2.07. The highest BCUT2D eigenvalue weighted by atomic mass is 16.6. The molecule has 7 nitrogen and oxygen atoms in total. The summed E-state index contributed by atoms with van der Waals surface area (Å²) in [4.78, 5) is 17.0. The van der Waals surface area contributed by atoms with Gasteiger partial charge in [0.1, 0.15) is 6.33 Å². The molecule has 1 unspecified atom stereocenters. The summed E-state index contributed by atoms with van der Waals surface area (Å²) >= 11 is 0. The van der Waals surface area contributed by atoms with Crippen molar-refractivity contribution < 1.29 is 9.66 Å². The molecule has 1 aromatic heterocycles. The Kier molecular flexibility index (Phi) is 3.03. The van der Waals surface area contributed by atoms with E-state index in [1.165, 1.54) is 0 Å². The average molecular weight is 208 g/mol. The Labute approximate surface area is 85.4 Å². The molecular formula is C8H8N4O3. The number of hydrogen-bond donors (Lipinski definition) is 1. The molecule has 0 aliphatic rings. The van der Waals surface area contributed by atoms with Crippen LogP contribution in [-0.4, -0.2) is 21.0 Å². The Morgan fingerprint density at radius 1 is 1.73 bits per heavy atom. The topological polar surface area (TPSA) is 104 Å². The van der Waals surface area contributed by atoms with Crippen LogP contribution in [0.15, 0.2) is 6.33 Å². The van der Waals surface area contributed by atoms with Crippen molar-refractivity contribution in [1.82, 2.24) is 9.97 Å². The van der Waals surface area contributed by atoms with Crippen molar-refractivity contribution in [1.29, 1.82) is 0 Å². The van der Waals surface area contributed by atoms with Crippen LogP contribution in [0.2, 0.25) is 0 Å². The van der Waals surface area contributed by atoms with Crippen LogP contribution in [0.25, 0.3) is 0 Å². The first-order valence-corrected chi connectivity index (χ1v) is 3.94. The summed E-state index contributed by atoms with van der Waals surface area (Å²) in [5.74, 6) is 1.77. The van der Waals surface area contributed by atoms with Crippen LogP contribution >= 0.6 is 0 Å². The summed E-state index contributed by atoms with van der Waals surface area (Å²) in [5.41, 5.74) is 4.84. The predicted octanol–water partition coefficient (Wildman–Crippen LogP) is 0.367. The second kappa shape index (κ2) is 4.23. The van der Waals surface area contributed by atoms with Crippen LogP contribution in [0.4, 0.5) is 11.5 Å². The molecule has 0 radical (unpaired) electrons. The van der Waals surface area contributed by atoms with E-state index >= 15 is 0 Å². The van der Waals surface area contributed by atoms with Gasteiger partial charge in [0.25, 0.3) is 0 Å². The number of hydrogen-bond acceptors (Lipinski definition) is 6. The highest BCUT2D eigenvalue weighted by molar-refractivity contribution is 5.58. The predicted molar refractivity (Wildman–Crippen MR) is 52.0 cm³/mol. The maximum atomic E-state index is 10.6. The van der Waals surface area contributed by atoms with Crippen molar-refractivity contribution >= 4 is 11.5 Å². The van der Waals surface area contributed by atoms with Crippen molar-refractivity contribution in [3.8, 4) is 18.2 Å². The number of nitrogens with zero attached hydrogens (tertiary/aromatic N) is 3. The first-order chi connectivity index (χ1) is 7.06. The molecule has 1 aromatic rings. The molecule has 1 atom stereocenters. The van der Waals surface area contributed by atoms with E-state index in [1.807, 2.05) is 0 Å². The van der Waals surface area contributed by atoms with Gasteiger partial charge >= 0.3 is 11.6 Å². The van der Waals surface area contributed by atoms with Gasteiger partial charge in [0.2, 0.25) is 5.82 Å². The van der Waals surface area contributed by atoms with Crippen LogP contribution in [0.3, 0.4) is 0 Å². The maximum absolute atomic E-state index is 10.6. The fourth-order valence-electron chi connectivity index (χ4n) is 0.835. The van der Waals surface area contributed by atoms with Gasteiger partial charge < -0.3 is 10.5 Å². The standard InChI is InChI=1S/C8H8N4O3/c1-3-5(2)15-8-6(12(13)14)7(9)10-4-11-8/h1,4-5H,2H3,(H2,9,10,11). The van der Waals surface area contributed by atoms with Gasteiger partial charge in [-0.15, -0.1) is 6.42 Å². The van der Waals surface area contributed by atoms with Crippen molar-refractivity contribution in [3.63, 3.8) is 0 Å². The molecular weight excluding hydrogens is 200 g/mol. The van der Waals surface area contributed by atoms with E-state index in [-0.39, 0.29) is 11.7 Å². The summed E-state index contributed by atoms with van der Waals surface area (Å²) in [5, 5.41) is 10.6. The Balaban J connectivity index is 3.13. The zero-order valence-corrected chi connectivity index (χ0v) is 7.88. The summed E-state index contributed by atoms with van der Waals surface area (Å²) in [6.45, 7) is 1.56. The number of rotatable bonds is 3. The lowest BCUT2D eigenvalue weighted by molar-refractivity contribution is -0.385. The zero-order valence-electron chi connectivity index (χ0n) is 7.88. The number of aromatic nitrogens is 2. The molecule has 0 fully saturated rings. The number of ether oxygens (including phenoxy) is 1. The quantitative estimate of drug-likeness (QED) is 0.437. The first-order valence-electron chi connectivity index (χ1n) is 3.94. The normalized spacial score (nSPS) is 11.5. The molecule has 0 aliphatic heterocycles. The van der Waals surface area contributed by atoms with E-state index < -0.39 is 16.7 Å². The van der Waals surface area contributed by atoms with Gasteiger partial charge in [-0.3, -0.25) is 10.1 Å². The number of terminal acetylenes is 1. The van der Waals surface area contributed by atoms with E-state index in [1.54, 1.807) is 6.92 Å². The lowest BCUT2D eigenvalue weighted by Crippen LogP contribution is -2.12. The highest BCUT2D eigenvalue weighted by Gasteiger charge is 2.23. The van der Waals surface area contributed by atoms with Crippen LogP contribution in [-0.2, 0) is 0 Å². The van der Waals surface area contributed by atoms with Gasteiger partial charge in [-0.2, -0.15) is 4.98 Å². The number of nitro groups is 1. The number of anilines is 1. The smallest absolute Gasteiger partial charge is 0.372 e. The van der Waals surface area contributed by atoms with Gasteiger partial charge in [-0.1, -0.05) is 5.92 Å². The monoisotopic (exact) mass is 208 g/mol. The minimum atomic E-state index is -0.714. The summed E-state index contributed by atoms with van der Waals surface area (Å²) in [7, 11) is 0. The first kappa shape index (κ1) is 10.7.